The van der Waals surface area contributed by atoms with Crippen LogP contribution in [0.4, 0.5) is 0 Å². The van der Waals surface area contributed by atoms with E-state index in [1.807, 2.05) is 57.5 Å². The van der Waals surface area contributed by atoms with Crippen LogP contribution in [0, 0.1) is 0 Å². The van der Waals surface area contributed by atoms with Crippen LogP contribution in [-0.2, 0) is 102 Å². The van der Waals surface area contributed by atoms with Gasteiger partial charge in [0.25, 0.3) is 0 Å². The zero-order valence-corrected chi connectivity index (χ0v) is 71.8. The average Bonchev–Trinajstić information content (AvgIpc) is 0.781. The molecular formula is C79H100Cl6N10O18S3. The van der Waals surface area contributed by atoms with Crippen molar-refractivity contribution in [3.05, 3.63) is 189 Å². The first-order valence-electron chi connectivity index (χ1n) is 38.0. The molecule has 0 saturated heterocycles. The van der Waals surface area contributed by atoms with Crippen LogP contribution in [0.25, 0.3) is 0 Å². The number of nitrogens with zero attached hydrogens (tertiary/aromatic N) is 3. The SMILES string of the molecule is CN1Cc2c(Cl)cc(Cl)cc2[C@H](c2cccc(S(=O)(=O)NCCOCCOCCNC(=O)CCC(CCC(=O)NCCOCCOCCNS(=O)(=O)c3cccc([C@@H]4CN(C)Cc5c(Cl)cc(Cl)cc54)c3)(CC(=O)NCCOCCOCCNS(=O)(=O)c3cccc([C@@H]4CN(C)Cc5c(Cl)cc(Cl)cc54)c3)NC(=O)CCC(=O)O)c2)C1. The minimum absolute atomic E-state index is 0.00428. The Hall–Kier alpha value is -6.22. The number of halogens is 6. The van der Waals surface area contributed by atoms with Crippen LogP contribution in [0.5, 0.6) is 0 Å². The topological polar surface area (TPSA) is 357 Å². The molecule has 3 heterocycles. The molecule has 28 nitrogen and oxygen atoms in total. The highest BCUT2D eigenvalue weighted by Crippen LogP contribution is 2.42. The van der Waals surface area contributed by atoms with Gasteiger partial charge in [-0.15, -0.1) is 0 Å². The second kappa shape index (κ2) is 45.4. The standard InChI is InChI=1S/C79H100Cl6N10O18S3/c1-93-47-65(62-40-56(80)43-71(83)68(62)50-93)53-7-4-10-59(37-53)114(102,103)89-22-28-111-34-31-108-25-19-86-74(96)15-17-79(92-76(98)13-14-78(100)101,46-77(99)88-21-27-110-33-36-113-30-24-91-116(106,107)61-12-6-9-55(39-61)67-49-95(3)52-70-64(67)42-58(82)45-73(70)85)18-16-75(97)87-20-26-109-32-35-112-29-23-90-115(104,105)60-11-5-8-54(38-60)66-48-94(2)51-69-63(66)41-57(81)44-72(69)84/h4-12,37-45,65-67,89-91H,13-36,46-52H2,1-3H3,(H,86,96)(H,87,97)(H,88,99)(H,92,98)(H,100,101)/t65-,66-,67-/m0/s1. The van der Waals surface area contributed by atoms with Crippen molar-refractivity contribution in [2.45, 2.75) is 103 Å². The molecule has 3 atom stereocenters. The Morgan fingerprint density at radius 3 is 1.01 bits per heavy atom. The van der Waals surface area contributed by atoms with Crippen LogP contribution in [-0.4, -0.2) is 240 Å². The van der Waals surface area contributed by atoms with Crippen LogP contribution >= 0.6 is 69.6 Å². The average molecular weight is 1790 g/mol. The van der Waals surface area contributed by atoms with Crippen molar-refractivity contribution in [2.75, 3.05) is 159 Å². The second-order valence-electron chi connectivity index (χ2n) is 28.6. The third-order valence-corrected chi connectivity index (χ3v) is 25.8. The number of hydrogen-bond acceptors (Lipinski definition) is 20. The van der Waals surface area contributed by atoms with Crippen molar-refractivity contribution in [3.8, 4) is 0 Å². The fourth-order valence-corrected chi connectivity index (χ4v) is 19.0. The van der Waals surface area contributed by atoms with E-state index in [-0.39, 0.29) is 177 Å². The number of likely N-dealkylation sites (N-methyl/N-ethyl adjacent to an activating group) is 3. The summed E-state index contributed by atoms with van der Waals surface area (Å²) < 4.78 is 122. The van der Waals surface area contributed by atoms with Crippen molar-refractivity contribution in [3.63, 3.8) is 0 Å². The Labute approximate surface area is 708 Å². The summed E-state index contributed by atoms with van der Waals surface area (Å²) in [5.74, 6) is -4.09. The van der Waals surface area contributed by atoms with Crippen molar-refractivity contribution >= 4 is 129 Å². The molecule has 0 saturated carbocycles. The second-order valence-corrected chi connectivity index (χ2v) is 36.5. The van der Waals surface area contributed by atoms with E-state index in [4.69, 9.17) is 98.0 Å². The maximum atomic E-state index is 13.9. The first-order chi connectivity index (χ1) is 55.4. The van der Waals surface area contributed by atoms with Gasteiger partial charge < -0.3 is 69.5 Å². The number of carbonyl (C=O) groups is 5. The van der Waals surface area contributed by atoms with E-state index in [1.165, 1.54) is 18.2 Å². The first-order valence-corrected chi connectivity index (χ1v) is 44.7. The molecule has 4 amide bonds. The molecule has 0 radical (unpaired) electrons. The van der Waals surface area contributed by atoms with Gasteiger partial charge >= 0.3 is 5.97 Å². The van der Waals surface area contributed by atoms with Crippen LogP contribution in [0.2, 0.25) is 30.1 Å². The van der Waals surface area contributed by atoms with Crippen LogP contribution in [0.3, 0.4) is 0 Å². The summed E-state index contributed by atoms with van der Waals surface area (Å²) in [7, 11) is -5.89. The number of benzene rings is 6. The summed E-state index contributed by atoms with van der Waals surface area (Å²) in [6, 6.07) is 30.9. The Bertz CT molecular complexity index is 4550. The van der Waals surface area contributed by atoms with E-state index >= 15 is 0 Å². The summed E-state index contributed by atoms with van der Waals surface area (Å²) in [6.07, 6.45) is -2.34. The molecule has 0 bridgehead atoms. The fourth-order valence-electron chi connectivity index (χ4n) is 14.1. The van der Waals surface area contributed by atoms with Gasteiger partial charge in [0.1, 0.15) is 0 Å². The van der Waals surface area contributed by atoms with Gasteiger partial charge in [0.05, 0.1) is 100 Å². The number of carbonyl (C=O) groups excluding carboxylic acids is 4. The van der Waals surface area contributed by atoms with Crippen LogP contribution < -0.4 is 35.4 Å². The van der Waals surface area contributed by atoms with Crippen molar-refractivity contribution in [1.29, 1.82) is 0 Å². The van der Waals surface area contributed by atoms with Gasteiger partial charge in [0.2, 0.25) is 53.7 Å². The lowest BCUT2D eigenvalue weighted by molar-refractivity contribution is -0.139. The van der Waals surface area contributed by atoms with Gasteiger partial charge in [0.15, 0.2) is 0 Å². The highest BCUT2D eigenvalue weighted by Gasteiger charge is 2.37. The lowest BCUT2D eigenvalue weighted by atomic mass is 9.83. The first kappa shape index (κ1) is 93.6. The van der Waals surface area contributed by atoms with E-state index in [0.717, 1.165) is 50.1 Å². The molecular weight excluding hydrogens is 1690 g/mol. The molecule has 634 valence electrons. The Balaban J connectivity index is 0.709. The van der Waals surface area contributed by atoms with Crippen LogP contribution in [0.1, 0.15) is 113 Å². The number of rotatable bonds is 48. The zero-order valence-electron chi connectivity index (χ0n) is 64.8. The highest BCUT2D eigenvalue weighted by molar-refractivity contribution is 7.90. The minimum Gasteiger partial charge on any atom is -0.481 e. The summed E-state index contributed by atoms with van der Waals surface area (Å²) in [5, 5.41) is 23.6. The van der Waals surface area contributed by atoms with Gasteiger partial charge in [-0.05, 0) is 157 Å². The maximum Gasteiger partial charge on any atom is 0.303 e. The number of ether oxygens (including phenoxy) is 6. The smallest absolute Gasteiger partial charge is 0.303 e. The molecule has 3 aliphatic heterocycles. The lowest BCUT2D eigenvalue weighted by Gasteiger charge is -2.34. The van der Waals surface area contributed by atoms with Crippen molar-refractivity contribution in [1.82, 2.24) is 50.1 Å². The molecule has 8 N–H and O–H groups in total. The number of nitrogens with one attached hydrogen (secondary N) is 7. The number of amides is 4. The molecule has 3 aliphatic rings. The summed E-state index contributed by atoms with van der Waals surface area (Å²) in [4.78, 5) is 72.7. The molecule has 6 aromatic carbocycles. The third kappa shape index (κ3) is 28.7. The van der Waals surface area contributed by atoms with E-state index in [2.05, 4.69) is 50.1 Å². The lowest BCUT2D eigenvalue weighted by Crippen LogP contribution is -2.52. The number of carboxylic acids is 1. The molecule has 37 heteroatoms. The quantitative estimate of drug-likeness (QED) is 0.0165. The zero-order chi connectivity index (χ0) is 83.6. The highest BCUT2D eigenvalue weighted by atomic mass is 35.5. The van der Waals surface area contributed by atoms with Crippen molar-refractivity contribution < 1.29 is 82.8 Å². The van der Waals surface area contributed by atoms with E-state index in [0.29, 0.717) is 69.4 Å². The molecule has 0 spiro atoms. The largest absolute Gasteiger partial charge is 0.481 e. The normalized spacial score (nSPS) is 16.1. The summed E-state index contributed by atoms with van der Waals surface area (Å²) in [5.41, 5.74) is 6.45. The summed E-state index contributed by atoms with van der Waals surface area (Å²) in [6.45, 7) is 4.45. The number of fused-ring (bicyclic) bond motifs is 3. The molecule has 0 fully saturated rings. The van der Waals surface area contributed by atoms with Gasteiger partial charge in [-0.25, -0.2) is 39.4 Å². The Morgan fingerprint density at radius 2 is 0.698 bits per heavy atom. The molecule has 116 heavy (non-hydrogen) atoms. The molecule has 0 aromatic heterocycles. The minimum atomic E-state index is -3.94. The van der Waals surface area contributed by atoms with Gasteiger partial charge in [-0.3, -0.25) is 24.0 Å². The van der Waals surface area contributed by atoms with Crippen molar-refractivity contribution in [2.24, 2.45) is 0 Å². The third-order valence-electron chi connectivity index (χ3n) is 19.8. The number of hydrogen-bond donors (Lipinski definition) is 8. The predicted molar refractivity (Wildman–Crippen MR) is 444 cm³/mol. The van der Waals surface area contributed by atoms with E-state index in [1.54, 1.807) is 54.6 Å². The molecule has 6 aromatic rings. The number of aliphatic carboxylic acids is 1. The van der Waals surface area contributed by atoms with E-state index < -0.39 is 84.5 Å². The maximum absolute atomic E-state index is 13.9. The summed E-state index contributed by atoms with van der Waals surface area (Å²) >= 11 is 38.9. The Morgan fingerprint density at radius 1 is 0.397 bits per heavy atom. The monoisotopic (exact) mass is 1780 g/mol. The number of carboxylic acid groups (broad SMARTS) is 1. The molecule has 0 aliphatic carbocycles. The van der Waals surface area contributed by atoms with Crippen LogP contribution in [0.15, 0.2) is 124 Å². The van der Waals surface area contributed by atoms with Gasteiger partial charge in [-0.2, -0.15) is 0 Å². The Kier molecular flexibility index (Phi) is 36.7. The number of sulfonamides is 3. The molecule has 9 rings (SSSR count). The van der Waals surface area contributed by atoms with Gasteiger partial charge in [-0.1, -0.05) is 106 Å². The fraction of sp³-hybridized carbons (Fsp3) is 0.481. The predicted octanol–water partition coefficient (Wildman–Crippen LogP) is 8.69. The van der Waals surface area contributed by atoms with E-state index in [9.17, 15) is 54.3 Å². The molecule has 0 unspecified atom stereocenters. The van der Waals surface area contributed by atoms with Gasteiger partial charge in [0, 0.05) is 158 Å².